The number of rotatable bonds is 1. The van der Waals surface area contributed by atoms with Gasteiger partial charge in [-0.3, -0.25) is 0 Å². The summed E-state index contributed by atoms with van der Waals surface area (Å²) in [4.78, 5) is 4.17. The lowest BCUT2D eigenvalue weighted by atomic mass is 9.93. The molecule has 2 N–H and O–H groups in total. The summed E-state index contributed by atoms with van der Waals surface area (Å²) in [6.07, 6.45) is 0. The van der Waals surface area contributed by atoms with Gasteiger partial charge in [-0.15, -0.1) is 0 Å². The molecule has 0 aromatic heterocycles. The summed E-state index contributed by atoms with van der Waals surface area (Å²) in [5.41, 5.74) is 6.30. The number of hydrogen-bond acceptors (Lipinski definition) is 3. The second-order valence-corrected chi connectivity index (χ2v) is 3.98. The highest BCUT2D eigenvalue weighted by atomic mass is 19.1. The van der Waals surface area contributed by atoms with E-state index in [4.69, 9.17) is 10.5 Å². The lowest BCUT2D eigenvalue weighted by Gasteiger charge is -2.18. The van der Waals surface area contributed by atoms with E-state index in [0.29, 0.717) is 12.2 Å². The number of amidine groups is 1. The van der Waals surface area contributed by atoms with Crippen LogP contribution in [0, 0.1) is 12.7 Å². The number of ether oxygens (including phenoxy) is 1. The van der Waals surface area contributed by atoms with Crippen LogP contribution in [0.1, 0.15) is 18.1 Å². The van der Waals surface area contributed by atoms with Gasteiger partial charge >= 0.3 is 0 Å². The van der Waals surface area contributed by atoms with Crippen LogP contribution in [-0.2, 0) is 10.3 Å². The molecule has 1 aromatic rings. The highest BCUT2D eigenvalue weighted by Crippen LogP contribution is 2.30. The largest absolute Gasteiger partial charge is 0.462 e. The number of aryl methyl sites for hydroxylation is 1. The van der Waals surface area contributed by atoms with Gasteiger partial charge in [0.05, 0.1) is 0 Å². The lowest BCUT2D eigenvalue weighted by Crippen LogP contribution is -2.20. The van der Waals surface area contributed by atoms with Gasteiger partial charge in [0.25, 0.3) is 6.02 Å². The Balaban J connectivity index is 2.42. The van der Waals surface area contributed by atoms with Crippen LogP contribution in [0.25, 0.3) is 0 Å². The third-order valence-electron chi connectivity index (χ3n) is 2.65. The van der Waals surface area contributed by atoms with Crippen molar-refractivity contribution in [3.8, 4) is 0 Å². The molecular weight excluding hydrogens is 195 g/mol. The molecular formula is C11H13FN2O. The summed E-state index contributed by atoms with van der Waals surface area (Å²) in [5, 5.41) is 0. The van der Waals surface area contributed by atoms with Crippen molar-refractivity contribution in [3.05, 3.63) is 35.1 Å². The average molecular weight is 208 g/mol. The van der Waals surface area contributed by atoms with Gasteiger partial charge in [-0.05, 0) is 31.0 Å². The molecule has 15 heavy (non-hydrogen) atoms. The Hall–Kier alpha value is -1.58. The Morgan fingerprint density at radius 3 is 2.80 bits per heavy atom. The lowest BCUT2D eigenvalue weighted by molar-refractivity contribution is 0.266. The van der Waals surface area contributed by atoms with Gasteiger partial charge in [0, 0.05) is 0 Å². The zero-order valence-electron chi connectivity index (χ0n) is 8.75. The fourth-order valence-electron chi connectivity index (χ4n) is 1.60. The number of halogens is 1. The van der Waals surface area contributed by atoms with Gasteiger partial charge < -0.3 is 10.5 Å². The van der Waals surface area contributed by atoms with Gasteiger partial charge in [-0.1, -0.05) is 12.1 Å². The molecule has 0 bridgehead atoms. The molecule has 2 rings (SSSR count). The summed E-state index contributed by atoms with van der Waals surface area (Å²) in [7, 11) is 0. The molecule has 0 fully saturated rings. The van der Waals surface area contributed by atoms with Gasteiger partial charge in [0.2, 0.25) is 0 Å². The van der Waals surface area contributed by atoms with Crippen molar-refractivity contribution >= 4 is 6.02 Å². The molecule has 1 atom stereocenters. The van der Waals surface area contributed by atoms with E-state index in [0.717, 1.165) is 5.56 Å². The monoisotopic (exact) mass is 208 g/mol. The highest BCUT2D eigenvalue weighted by molar-refractivity contribution is 5.74. The molecule has 0 radical (unpaired) electrons. The van der Waals surface area contributed by atoms with E-state index in [1.54, 1.807) is 13.0 Å². The Morgan fingerprint density at radius 1 is 1.53 bits per heavy atom. The molecule has 1 heterocycles. The van der Waals surface area contributed by atoms with Crippen LogP contribution in [0.2, 0.25) is 0 Å². The van der Waals surface area contributed by atoms with Crippen LogP contribution in [0.4, 0.5) is 4.39 Å². The second kappa shape index (κ2) is 3.22. The van der Waals surface area contributed by atoms with Crippen LogP contribution in [-0.4, -0.2) is 12.6 Å². The van der Waals surface area contributed by atoms with E-state index < -0.39 is 5.54 Å². The first kappa shape index (κ1) is 9.96. The van der Waals surface area contributed by atoms with E-state index >= 15 is 0 Å². The van der Waals surface area contributed by atoms with E-state index in [9.17, 15) is 4.39 Å². The summed E-state index contributed by atoms with van der Waals surface area (Å²) in [6, 6.07) is 5.24. The van der Waals surface area contributed by atoms with Crippen molar-refractivity contribution in [1.82, 2.24) is 0 Å². The molecule has 1 unspecified atom stereocenters. The SMILES string of the molecule is Cc1ccc(C2(C)COC(N)=N2)cc1F. The van der Waals surface area contributed by atoms with Crippen LogP contribution in [0.5, 0.6) is 0 Å². The zero-order valence-corrected chi connectivity index (χ0v) is 8.75. The first-order valence-electron chi connectivity index (χ1n) is 4.76. The van der Waals surface area contributed by atoms with Crippen molar-refractivity contribution in [2.45, 2.75) is 19.4 Å². The van der Waals surface area contributed by atoms with Crippen LogP contribution in [0.3, 0.4) is 0 Å². The number of hydrogen-bond donors (Lipinski definition) is 1. The Kier molecular flexibility index (Phi) is 2.14. The van der Waals surface area contributed by atoms with E-state index in [2.05, 4.69) is 4.99 Å². The van der Waals surface area contributed by atoms with Crippen LogP contribution < -0.4 is 5.73 Å². The minimum absolute atomic E-state index is 0.165. The maximum atomic E-state index is 13.4. The molecule has 3 nitrogen and oxygen atoms in total. The van der Waals surface area contributed by atoms with Gasteiger partial charge in [0.15, 0.2) is 0 Å². The molecule has 0 spiro atoms. The third kappa shape index (κ3) is 1.67. The highest BCUT2D eigenvalue weighted by Gasteiger charge is 2.33. The number of nitrogens with zero attached hydrogens (tertiary/aromatic N) is 1. The topological polar surface area (TPSA) is 47.6 Å². The third-order valence-corrected chi connectivity index (χ3v) is 2.65. The van der Waals surface area contributed by atoms with E-state index in [1.165, 1.54) is 6.07 Å². The minimum atomic E-state index is -0.557. The van der Waals surface area contributed by atoms with Crippen molar-refractivity contribution in [2.24, 2.45) is 10.7 Å². The standard InChI is InChI=1S/C11H13FN2O/c1-7-3-4-8(5-9(7)12)11(2)6-15-10(13)14-11/h3-5H,6H2,1-2H3,(H2,13,14). The van der Waals surface area contributed by atoms with Crippen LogP contribution >= 0.6 is 0 Å². The number of nitrogens with two attached hydrogens (primary N) is 1. The zero-order chi connectivity index (χ0) is 11.1. The van der Waals surface area contributed by atoms with E-state index in [-0.39, 0.29) is 11.8 Å². The van der Waals surface area contributed by atoms with Crippen molar-refractivity contribution in [3.63, 3.8) is 0 Å². The normalized spacial score (nSPS) is 24.9. The average Bonchev–Trinajstić information content (AvgIpc) is 2.52. The van der Waals surface area contributed by atoms with Crippen LogP contribution in [0.15, 0.2) is 23.2 Å². The van der Waals surface area contributed by atoms with Crippen molar-refractivity contribution < 1.29 is 9.13 Å². The predicted octanol–water partition coefficient (Wildman–Crippen LogP) is 1.69. The Labute approximate surface area is 87.8 Å². The molecule has 1 aromatic carbocycles. The first-order valence-corrected chi connectivity index (χ1v) is 4.76. The first-order chi connectivity index (χ1) is 7.01. The molecule has 4 heteroatoms. The predicted molar refractivity (Wildman–Crippen MR) is 56.1 cm³/mol. The number of benzene rings is 1. The molecule has 0 amide bonds. The van der Waals surface area contributed by atoms with Gasteiger partial charge in [0.1, 0.15) is 18.0 Å². The molecule has 1 aliphatic rings. The Morgan fingerprint density at radius 2 is 2.27 bits per heavy atom. The smallest absolute Gasteiger partial charge is 0.283 e. The molecule has 80 valence electrons. The fourth-order valence-corrected chi connectivity index (χ4v) is 1.60. The van der Waals surface area contributed by atoms with Gasteiger partial charge in [-0.25, -0.2) is 9.38 Å². The molecule has 0 saturated carbocycles. The molecule has 1 aliphatic heterocycles. The quantitative estimate of drug-likeness (QED) is 0.763. The maximum Gasteiger partial charge on any atom is 0.283 e. The minimum Gasteiger partial charge on any atom is -0.462 e. The van der Waals surface area contributed by atoms with E-state index in [1.807, 2.05) is 13.0 Å². The summed E-state index contributed by atoms with van der Waals surface area (Å²) >= 11 is 0. The van der Waals surface area contributed by atoms with Crippen molar-refractivity contribution in [2.75, 3.05) is 6.61 Å². The van der Waals surface area contributed by atoms with Gasteiger partial charge in [-0.2, -0.15) is 0 Å². The fraction of sp³-hybridized carbons (Fsp3) is 0.364. The summed E-state index contributed by atoms with van der Waals surface area (Å²) in [6.45, 7) is 3.96. The summed E-state index contributed by atoms with van der Waals surface area (Å²) < 4.78 is 18.5. The second-order valence-electron chi connectivity index (χ2n) is 3.98. The molecule has 0 aliphatic carbocycles. The van der Waals surface area contributed by atoms with Crippen molar-refractivity contribution in [1.29, 1.82) is 0 Å². The molecule has 0 saturated heterocycles. The Bertz CT molecular complexity index is 431. The summed E-state index contributed by atoms with van der Waals surface area (Å²) in [5.74, 6) is -0.227. The number of aliphatic imine (C=N–C) groups is 1. The maximum absolute atomic E-state index is 13.4.